The first kappa shape index (κ1) is 11.5. The van der Waals surface area contributed by atoms with Crippen molar-refractivity contribution in [1.29, 1.82) is 5.41 Å². The lowest BCUT2D eigenvalue weighted by Crippen LogP contribution is -2.10. The third-order valence-corrected chi connectivity index (χ3v) is 2.34. The topological polar surface area (TPSA) is 49.9 Å². The molecular formula is C8H10BrClN2. The van der Waals surface area contributed by atoms with Crippen molar-refractivity contribution in [2.75, 3.05) is 0 Å². The van der Waals surface area contributed by atoms with Crippen molar-refractivity contribution < 1.29 is 0 Å². The minimum atomic E-state index is 0. The number of aryl methyl sites for hydroxylation is 1. The Labute approximate surface area is 86.2 Å². The van der Waals surface area contributed by atoms with E-state index < -0.39 is 0 Å². The van der Waals surface area contributed by atoms with Crippen molar-refractivity contribution >= 4 is 34.2 Å². The van der Waals surface area contributed by atoms with Gasteiger partial charge in [0.2, 0.25) is 0 Å². The average Bonchev–Trinajstić information content (AvgIpc) is 1.94. The molecule has 0 radical (unpaired) electrons. The Kier molecular flexibility index (Phi) is 4.28. The van der Waals surface area contributed by atoms with Crippen LogP contribution in [0.3, 0.4) is 0 Å². The van der Waals surface area contributed by atoms with Crippen LogP contribution in [0.15, 0.2) is 22.7 Å². The first-order valence-corrected chi connectivity index (χ1v) is 4.01. The number of benzene rings is 1. The molecule has 0 atom stereocenters. The fourth-order valence-electron chi connectivity index (χ4n) is 0.760. The van der Waals surface area contributed by atoms with Gasteiger partial charge in [0.15, 0.2) is 0 Å². The van der Waals surface area contributed by atoms with Gasteiger partial charge in [0, 0.05) is 10.0 Å². The van der Waals surface area contributed by atoms with E-state index in [0.717, 1.165) is 15.6 Å². The highest BCUT2D eigenvalue weighted by atomic mass is 79.9. The van der Waals surface area contributed by atoms with Crippen LogP contribution in [-0.2, 0) is 0 Å². The molecule has 0 saturated heterocycles. The monoisotopic (exact) mass is 248 g/mol. The summed E-state index contributed by atoms with van der Waals surface area (Å²) in [5.41, 5.74) is 7.20. The summed E-state index contributed by atoms with van der Waals surface area (Å²) in [7, 11) is 0. The fourth-order valence-corrected chi connectivity index (χ4v) is 1.14. The van der Waals surface area contributed by atoms with Gasteiger partial charge in [-0.05, 0) is 18.6 Å². The van der Waals surface area contributed by atoms with E-state index in [-0.39, 0.29) is 18.2 Å². The van der Waals surface area contributed by atoms with Crippen LogP contribution in [-0.4, -0.2) is 5.84 Å². The molecule has 0 aromatic heterocycles. The highest BCUT2D eigenvalue weighted by Gasteiger charge is 1.98. The molecule has 1 aromatic carbocycles. The van der Waals surface area contributed by atoms with Crippen LogP contribution in [0.1, 0.15) is 11.1 Å². The predicted octanol–water partition coefficient (Wildman–Crippen LogP) is 2.46. The van der Waals surface area contributed by atoms with Gasteiger partial charge in [-0.3, -0.25) is 5.41 Å². The van der Waals surface area contributed by atoms with E-state index in [4.69, 9.17) is 11.1 Å². The zero-order chi connectivity index (χ0) is 8.43. The van der Waals surface area contributed by atoms with Crippen LogP contribution in [0.2, 0.25) is 0 Å². The second-order valence-electron chi connectivity index (χ2n) is 2.38. The van der Waals surface area contributed by atoms with Crippen LogP contribution in [0.25, 0.3) is 0 Å². The molecule has 0 aliphatic heterocycles. The van der Waals surface area contributed by atoms with Gasteiger partial charge in [0.25, 0.3) is 0 Å². The summed E-state index contributed by atoms with van der Waals surface area (Å²) in [5.74, 6) is 0.103. The van der Waals surface area contributed by atoms with Crippen molar-refractivity contribution in [2.45, 2.75) is 6.92 Å². The number of nitrogen functional groups attached to an aromatic ring is 1. The van der Waals surface area contributed by atoms with E-state index in [1.807, 2.05) is 25.1 Å². The second kappa shape index (κ2) is 4.48. The Bertz CT molecular complexity index is 299. The average molecular weight is 250 g/mol. The van der Waals surface area contributed by atoms with Gasteiger partial charge in [0.05, 0.1) is 0 Å². The van der Waals surface area contributed by atoms with Crippen molar-refractivity contribution in [2.24, 2.45) is 5.73 Å². The quantitative estimate of drug-likeness (QED) is 0.583. The summed E-state index contributed by atoms with van der Waals surface area (Å²) in [5, 5.41) is 7.16. The number of halogens is 2. The van der Waals surface area contributed by atoms with Crippen LogP contribution < -0.4 is 5.73 Å². The molecule has 0 spiro atoms. The molecule has 0 unspecified atom stereocenters. The maximum atomic E-state index is 7.16. The molecule has 12 heavy (non-hydrogen) atoms. The van der Waals surface area contributed by atoms with Gasteiger partial charge in [-0.15, -0.1) is 12.4 Å². The zero-order valence-electron chi connectivity index (χ0n) is 6.60. The van der Waals surface area contributed by atoms with Crippen LogP contribution in [0.5, 0.6) is 0 Å². The molecule has 66 valence electrons. The van der Waals surface area contributed by atoms with Crippen molar-refractivity contribution in [1.82, 2.24) is 0 Å². The Hall–Kier alpha value is -0.540. The minimum absolute atomic E-state index is 0. The van der Waals surface area contributed by atoms with E-state index in [1.54, 1.807) is 0 Å². The SMILES string of the molecule is Cc1ccc(C(=N)N)cc1Br.Cl. The van der Waals surface area contributed by atoms with Crippen molar-refractivity contribution in [3.8, 4) is 0 Å². The van der Waals surface area contributed by atoms with E-state index in [1.165, 1.54) is 0 Å². The Morgan fingerprint density at radius 2 is 2.08 bits per heavy atom. The smallest absolute Gasteiger partial charge is 0.122 e. The lowest BCUT2D eigenvalue weighted by atomic mass is 10.1. The third-order valence-electron chi connectivity index (χ3n) is 1.48. The van der Waals surface area contributed by atoms with Gasteiger partial charge >= 0.3 is 0 Å². The second-order valence-corrected chi connectivity index (χ2v) is 3.23. The maximum absolute atomic E-state index is 7.16. The normalized spacial score (nSPS) is 8.83. The lowest BCUT2D eigenvalue weighted by Gasteiger charge is -2.00. The summed E-state index contributed by atoms with van der Waals surface area (Å²) >= 11 is 3.36. The molecule has 0 bridgehead atoms. The van der Waals surface area contributed by atoms with Crippen LogP contribution >= 0.6 is 28.3 Å². The van der Waals surface area contributed by atoms with Crippen molar-refractivity contribution in [3.05, 3.63) is 33.8 Å². The van der Waals surface area contributed by atoms with E-state index in [0.29, 0.717) is 0 Å². The van der Waals surface area contributed by atoms with Gasteiger partial charge in [-0.1, -0.05) is 28.1 Å². The molecule has 0 aliphatic rings. The standard InChI is InChI=1S/C8H9BrN2.ClH/c1-5-2-3-6(8(10)11)4-7(5)9;/h2-4H,1H3,(H3,10,11);1H. The number of hydrogen-bond acceptors (Lipinski definition) is 1. The van der Waals surface area contributed by atoms with Gasteiger partial charge < -0.3 is 5.73 Å². The summed E-state index contributed by atoms with van der Waals surface area (Å²) in [4.78, 5) is 0. The van der Waals surface area contributed by atoms with Gasteiger partial charge in [-0.25, -0.2) is 0 Å². The Morgan fingerprint density at radius 3 is 2.50 bits per heavy atom. The van der Waals surface area contributed by atoms with Gasteiger partial charge in [0.1, 0.15) is 5.84 Å². The third kappa shape index (κ3) is 2.50. The first-order valence-electron chi connectivity index (χ1n) is 3.22. The molecule has 0 heterocycles. The number of nitrogens with two attached hydrogens (primary N) is 1. The largest absolute Gasteiger partial charge is 0.384 e. The van der Waals surface area contributed by atoms with E-state index in [9.17, 15) is 0 Å². The molecule has 0 fully saturated rings. The molecule has 2 nitrogen and oxygen atoms in total. The molecule has 1 aromatic rings. The number of hydrogen-bond donors (Lipinski definition) is 2. The number of rotatable bonds is 1. The molecule has 4 heteroatoms. The molecule has 0 amide bonds. The van der Waals surface area contributed by atoms with Crippen LogP contribution in [0, 0.1) is 12.3 Å². The summed E-state index contributed by atoms with van der Waals surface area (Å²) in [6.07, 6.45) is 0. The van der Waals surface area contributed by atoms with E-state index >= 15 is 0 Å². The minimum Gasteiger partial charge on any atom is -0.384 e. The lowest BCUT2D eigenvalue weighted by molar-refractivity contribution is 1.38. The molecule has 1 rings (SSSR count). The van der Waals surface area contributed by atoms with E-state index in [2.05, 4.69) is 15.9 Å². The van der Waals surface area contributed by atoms with Crippen molar-refractivity contribution in [3.63, 3.8) is 0 Å². The Balaban J connectivity index is 0.00000121. The number of nitrogens with one attached hydrogen (secondary N) is 1. The molecule has 0 saturated carbocycles. The van der Waals surface area contributed by atoms with Crippen LogP contribution in [0.4, 0.5) is 0 Å². The molecule has 3 N–H and O–H groups in total. The number of amidine groups is 1. The highest BCUT2D eigenvalue weighted by molar-refractivity contribution is 9.10. The summed E-state index contributed by atoms with van der Waals surface area (Å²) < 4.78 is 0.991. The molecule has 0 aliphatic carbocycles. The fraction of sp³-hybridized carbons (Fsp3) is 0.125. The first-order chi connectivity index (χ1) is 5.11. The summed E-state index contributed by atoms with van der Waals surface area (Å²) in [6.45, 7) is 1.99. The molecular weight excluding hydrogens is 239 g/mol. The maximum Gasteiger partial charge on any atom is 0.122 e. The Morgan fingerprint density at radius 1 is 1.50 bits per heavy atom. The predicted molar refractivity (Wildman–Crippen MR) is 57.1 cm³/mol. The van der Waals surface area contributed by atoms with Gasteiger partial charge in [-0.2, -0.15) is 0 Å². The highest BCUT2D eigenvalue weighted by Crippen LogP contribution is 2.16. The summed E-state index contributed by atoms with van der Waals surface area (Å²) in [6, 6.07) is 5.61. The zero-order valence-corrected chi connectivity index (χ0v) is 9.00.